The molecule has 26 heavy (non-hydrogen) atoms. The lowest BCUT2D eigenvalue weighted by molar-refractivity contribution is -0.119. The van der Waals surface area contributed by atoms with Crippen LogP contribution in [0.4, 0.5) is 11.6 Å². The second kappa shape index (κ2) is 6.14. The maximum atomic E-state index is 12.5. The molecule has 1 aromatic carbocycles. The van der Waals surface area contributed by atoms with Crippen molar-refractivity contribution in [1.29, 1.82) is 0 Å². The molecule has 1 aliphatic rings. The maximum Gasteiger partial charge on any atom is 0.279 e. The molecule has 8 heteroatoms. The first-order valence-electron chi connectivity index (χ1n) is 8.23. The number of hydrogen-bond acceptors (Lipinski definition) is 5. The fourth-order valence-corrected chi connectivity index (χ4v) is 2.95. The van der Waals surface area contributed by atoms with Gasteiger partial charge in [-0.3, -0.25) is 14.3 Å². The van der Waals surface area contributed by atoms with E-state index in [1.807, 2.05) is 37.3 Å². The molecule has 0 bridgehead atoms. The Hall–Kier alpha value is -3.42. The zero-order chi connectivity index (χ0) is 18.3. The van der Waals surface area contributed by atoms with Gasteiger partial charge >= 0.3 is 0 Å². The number of amides is 2. The average Bonchev–Trinajstić information content (AvgIpc) is 3.23. The van der Waals surface area contributed by atoms with E-state index in [9.17, 15) is 9.59 Å². The van der Waals surface area contributed by atoms with Crippen LogP contribution < -0.4 is 10.6 Å². The summed E-state index contributed by atoms with van der Waals surface area (Å²) < 4.78 is 6.81. The van der Waals surface area contributed by atoms with Gasteiger partial charge in [-0.2, -0.15) is 5.10 Å². The number of carbonyl (C=O) groups is 2. The minimum absolute atomic E-state index is 0.0534. The van der Waals surface area contributed by atoms with Gasteiger partial charge < -0.3 is 15.2 Å². The largest absolute Gasteiger partial charge is 0.355 e. The number of nitrogens with zero attached hydrogens (tertiary/aromatic N) is 3. The van der Waals surface area contributed by atoms with Crippen LogP contribution in [-0.2, 0) is 18.3 Å². The number of benzene rings is 1. The molecule has 3 aromatic rings. The highest BCUT2D eigenvalue weighted by Gasteiger charge is 2.29. The summed E-state index contributed by atoms with van der Waals surface area (Å²) in [7, 11) is 1.72. The topological polar surface area (TPSA) is 102 Å². The summed E-state index contributed by atoms with van der Waals surface area (Å²) in [4.78, 5) is 24.4. The Morgan fingerprint density at radius 2 is 2.12 bits per heavy atom. The van der Waals surface area contributed by atoms with Crippen molar-refractivity contribution in [1.82, 2.24) is 14.9 Å². The quantitative estimate of drug-likeness (QED) is 0.755. The summed E-state index contributed by atoms with van der Waals surface area (Å²) in [6, 6.07) is 11.0. The van der Waals surface area contributed by atoms with Crippen molar-refractivity contribution >= 4 is 23.5 Å². The molecule has 132 valence electrons. The highest BCUT2D eigenvalue weighted by molar-refractivity contribution is 6.04. The molecular weight excluding hydrogens is 334 g/mol. The second-order valence-corrected chi connectivity index (χ2v) is 6.29. The smallest absolute Gasteiger partial charge is 0.279 e. The molecule has 2 aromatic heterocycles. The van der Waals surface area contributed by atoms with E-state index < -0.39 is 5.91 Å². The molecule has 1 aliphatic heterocycles. The highest BCUT2D eigenvalue weighted by atomic mass is 16.5. The summed E-state index contributed by atoms with van der Waals surface area (Å²) >= 11 is 0. The van der Waals surface area contributed by atoms with Gasteiger partial charge in [0.2, 0.25) is 5.91 Å². The van der Waals surface area contributed by atoms with E-state index >= 15 is 0 Å². The SMILES string of the molecule is C[C@@H]1Cc2c(NC(=O)c3cc(-c4ccccc4)on3)nn(C)c2NC1=O. The third kappa shape index (κ3) is 2.75. The van der Waals surface area contributed by atoms with Crippen LogP contribution in [0.3, 0.4) is 0 Å². The Morgan fingerprint density at radius 3 is 2.88 bits per heavy atom. The molecule has 3 heterocycles. The monoisotopic (exact) mass is 351 g/mol. The number of aromatic nitrogens is 3. The number of nitrogens with one attached hydrogen (secondary N) is 2. The standard InChI is InChI=1S/C18H17N5O3/c1-10-8-12-15(21-23(2)16(12)20-17(10)24)19-18(25)13-9-14(26-22-13)11-6-4-3-5-7-11/h3-7,9-10H,8H2,1-2H3,(H,20,24)(H,19,21,25)/t10-/m1/s1. The van der Waals surface area contributed by atoms with Crippen molar-refractivity contribution in [2.75, 3.05) is 10.6 Å². The van der Waals surface area contributed by atoms with Crippen molar-refractivity contribution < 1.29 is 14.1 Å². The number of carbonyl (C=O) groups excluding carboxylic acids is 2. The van der Waals surface area contributed by atoms with Gasteiger partial charge in [0.25, 0.3) is 5.91 Å². The minimum atomic E-state index is -0.415. The Morgan fingerprint density at radius 1 is 1.35 bits per heavy atom. The van der Waals surface area contributed by atoms with Crippen LogP contribution in [0.2, 0.25) is 0 Å². The first kappa shape index (κ1) is 16.1. The fraction of sp³-hybridized carbons (Fsp3) is 0.222. The van der Waals surface area contributed by atoms with Crippen LogP contribution in [0.1, 0.15) is 23.0 Å². The first-order valence-corrected chi connectivity index (χ1v) is 8.23. The number of anilines is 2. The van der Waals surface area contributed by atoms with E-state index in [1.165, 1.54) is 0 Å². The number of hydrogen-bond donors (Lipinski definition) is 2. The van der Waals surface area contributed by atoms with Crippen molar-refractivity contribution in [2.24, 2.45) is 13.0 Å². The lowest BCUT2D eigenvalue weighted by atomic mass is 9.98. The van der Waals surface area contributed by atoms with Crippen molar-refractivity contribution in [2.45, 2.75) is 13.3 Å². The van der Waals surface area contributed by atoms with Crippen molar-refractivity contribution in [3.8, 4) is 11.3 Å². The molecule has 2 amide bonds. The van der Waals surface area contributed by atoms with Gasteiger partial charge in [0.05, 0.1) is 0 Å². The van der Waals surface area contributed by atoms with E-state index in [2.05, 4.69) is 20.9 Å². The fourth-order valence-electron chi connectivity index (χ4n) is 2.95. The molecule has 0 fully saturated rings. The summed E-state index contributed by atoms with van der Waals surface area (Å²) in [6.07, 6.45) is 0.513. The van der Waals surface area contributed by atoms with Gasteiger partial charge in [-0.15, -0.1) is 0 Å². The lowest BCUT2D eigenvalue weighted by Crippen LogP contribution is -2.28. The minimum Gasteiger partial charge on any atom is -0.355 e. The van der Waals surface area contributed by atoms with Crippen LogP contribution in [0, 0.1) is 5.92 Å². The Kier molecular flexibility index (Phi) is 3.80. The molecule has 8 nitrogen and oxygen atoms in total. The predicted octanol–water partition coefficient (Wildman–Crippen LogP) is 2.46. The Balaban J connectivity index is 1.57. The Bertz CT molecular complexity index is 990. The van der Waals surface area contributed by atoms with Crippen LogP contribution in [0.5, 0.6) is 0 Å². The third-order valence-electron chi connectivity index (χ3n) is 4.38. The number of fused-ring (bicyclic) bond motifs is 1. The van der Waals surface area contributed by atoms with Gasteiger partial charge in [-0.05, 0) is 6.42 Å². The predicted molar refractivity (Wildman–Crippen MR) is 94.6 cm³/mol. The summed E-state index contributed by atoms with van der Waals surface area (Å²) in [5, 5.41) is 13.7. The van der Waals surface area contributed by atoms with Crippen LogP contribution in [0.15, 0.2) is 40.9 Å². The van der Waals surface area contributed by atoms with E-state index in [0.717, 1.165) is 11.1 Å². The molecule has 0 aliphatic carbocycles. The molecule has 0 spiro atoms. The average molecular weight is 351 g/mol. The van der Waals surface area contributed by atoms with E-state index in [4.69, 9.17) is 4.52 Å². The van der Waals surface area contributed by atoms with E-state index in [1.54, 1.807) is 17.8 Å². The molecular formula is C18H17N5O3. The van der Waals surface area contributed by atoms with E-state index in [0.29, 0.717) is 23.8 Å². The number of rotatable bonds is 3. The number of aryl methyl sites for hydroxylation is 1. The zero-order valence-electron chi connectivity index (χ0n) is 14.3. The van der Waals surface area contributed by atoms with Gasteiger partial charge in [0, 0.05) is 30.2 Å². The van der Waals surface area contributed by atoms with Gasteiger partial charge in [-0.1, -0.05) is 42.4 Å². The molecule has 0 saturated carbocycles. The normalized spacial score (nSPS) is 16.1. The second-order valence-electron chi connectivity index (χ2n) is 6.29. The summed E-state index contributed by atoms with van der Waals surface area (Å²) in [6.45, 7) is 1.83. The lowest BCUT2D eigenvalue weighted by Gasteiger charge is -2.19. The highest BCUT2D eigenvalue weighted by Crippen LogP contribution is 2.31. The third-order valence-corrected chi connectivity index (χ3v) is 4.38. The van der Waals surface area contributed by atoms with E-state index in [-0.39, 0.29) is 17.5 Å². The first-order chi connectivity index (χ1) is 12.5. The molecule has 2 N–H and O–H groups in total. The van der Waals surface area contributed by atoms with Gasteiger partial charge in [-0.25, -0.2) is 0 Å². The summed E-state index contributed by atoms with van der Waals surface area (Å²) in [5.74, 6) is 0.889. The summed E-state index contributed by atoms with van der Waals surface area (Å²) in [5.41, 5.74) is 1.81. The van der Waals surface area contributed by atoms with Gasteiger partial charge in [0.1, 0.15) is 5.82 Å². The van der Waals surface area contributed by atoms with Gasteiger partial charge in [0.15, 0.2) is 17.3 Å². The zero-order valence-corrected chi connectivity index (χ0v) is 14.3. The van der Waals surface area contributed by atoms with Crippen LogP contribution in [-0.4, -0.2) is 26.8 Å². The molecule has 0 saturated heterocycles. The molecule has 4 rings (SSSR count). The van der Waals surface area contributed by atoms with Crippen LogP contribution in [0.25, 0.3) is 11.3 Å². The molecule has 0 unspecified atom stereocenters. The van der Waals surface area contributed by atoms with Crippen molar-refractivity contribution in [3.05, 3.63) is 47.7 Å². The maximum absolute atomic E-state index is 12.5. The Labute approximate surface area is 149 Å². The van der Waals surface area contributed by atoms with Crippen LogP contribution >= 0.6 is 0 Å². The van der Waals surface area contributed by atoms with Crippen molar-refractivity contribution in [3.63, 3.8) is 0 Å². The molecule has 1 atom stereocenters. The molecule has 0 radical (unpaired) electrons.